The molecule has 0 aromatic heterocycles. The van der Waals surface area contributed by atoms with Gasteiger partial charge < -0.3 is 11.1 Å². The highest BCUT2D eigenvalue weighted by atomic mass is 16.1. The Morgan fingerprint density at radius 1 is 1.60 bits per heavy atom. The summed E-state index contributed by atoms with van der Waals surface area (Å²) in [5.41, 5.74) is 5.60. The molecule has 0 unspecified atom stereocenters. The molecule has 3 N–H and O–H groups in total. The SMILES string of the molecule is C=C(N)CNC(C)=O.CC. The number of rotatable bonds is 2. The number of hydrogen-bond donors (Lipinski definition) is 2. The Bertz CT molecular complexity index is 96.2. The summed E-state index contributed by atoms with van der Waals surface area (Å²) >= 11 is 0. The van der Waals surface area contributed by atoms with Crippen LogP contribution in [-0.4, -0.2) is 12.5 Å². The zero-order valence-electron chi connectivity index (χ0n) is 6.90. The largest absolute Gasteiger partial charge is 0.401 e. The van der Waals surface area contributed by atoms with Crippen LogP contribution in [0.1, 0.15) is 20.8 Å². The van der Waals surface area contributed by atoms with Crippen LogP contribution in [0.4, 0.5) is 0 Å². The first-order valence-electron chi connectivity index (χ1n) is 3.30. The quantitative estimate of drug-likeness (QED) is 0.597. The van der Waals surface area contributed by atoms with Crippen LogP contribution in [0.15, 0.2) is 12.3 Å². The minimum Gasteiger partial charge on any atom is -0.401 e. The van der Waals surface area contributed by atoms with E-state index in [1.54, 1.807) is 0 Å². The third kappa shape index (κ3) is 15.7. The van der Waals surface area contributed by atoms with Gasteiger partial charge in [-0.25, -0.2) is 0 Å². The van der Waals surface area contributed by atoms with Gasteiger partial charge in [-0.3, -0.25) is 4.79 Å². The molecular weight excluding hydrogens is 128 g/mol. The minimum absolute atomic E-state index is 0.0865. The van der Waals surface area contributed by atoms with Gasteiger partial charge >= 0.3 is 0 Å². The van der Waals surface area contributed by atoms with Crippen LogP contribution in [0.25, 0.3) is 0 Å². The van der Waals surface area contributed by atoms with E-state index in [-0.39, 0.29) is 5.91 Å². The van der Waals surface area contributed by atoms with Crippen molar-refractivity contribution < 1.29 is 4.79 Å². The van der Waals surface area contributed by atoms with Gasteiger partial charge in [0.1, 0.15) is 0 Å². The van der Waals surface area contributed by atoms with Crippen molar-refractivity contribution in [2.24, 2.45) is 5.73 Å². The van der Waals surface area contributed by atoms with Gasteiger partial charge in [0.15, 0.2) is 0 Å². The molecule has 0 aromatic rings. The number of carbonyl (C=O) groups is 1. The summed E-state index contributed by atoms with van der Waals surface area (Å²) in [6, 6.07) is 0. The van der Waals surface area contributed by atoms with Crippen LogP contribution in [0.2, 0.25) is 0 Å². The molecule has 0 saturated carbocycles. The number of carbonyl (C=O) groups excluding carboxylic acids is 1. The summed E-state index contributed by atoms with van der Waals surface area (Å²) in [6.45, 7) is 9.19. The standard InChI is InChI=1S/C5H10N2O.C2H6/c1-4(6)3-7-5(2)8;1-2/h1,3,6H2,2H3,(H,7,8);1-2H3. The van der Waals surface area contributed by atoms with E-state index >= 15 is 0 Å². The highest BCUT2D eigenvalue weighted by Gasteiger charge is 1.87. The number of hydrogen-bond acceptors (Lipinski definition) is 2. The maximum absolute atomic E-state index is 10.1. The predicted molar refractivity (Wildman–Crippen MR) is 43.4 cm³/mol. The number of amides is 1. The highest BCUT2D eigenvalue weighted by molar-refractivity contribution is 5.73. The molecule has 3 heteroatoms. The fraction of sp³-hybridized carbons (Fsp3) is 0.571. The van der Waals surface area contributed by atoms with Crippen molar-refractivity contribution in [1.82, 2.24) is 5.32 Å². The van der Waals surface area contributed by atoms with E-state index in [9.17, 15) is 4.79 Å². The lowest BCUT2D eigenvalue weighted by atomic mass is 10.5. The minimum atomic E-state index is -0.0865. The normalized spacial score (nSPS) is 7.10. The Morgan fingerprint density at radius 3 is 2.10 bits per heavy atom. The summed E-state index contributed by atoms with van der Waals surface area (Å²) in [5.74, 6) is -0.0865. The Labute approximate surface area is 62.3 Å². The van der Waals surface area contributed by atoms with Crippen molar-refractivity contribution in [3.63, 3.8) is 0 Å². The van der Waals surface area contributed by atoms with Gasteiger partial charge in [0.05, 0.1) is 6.54 Å². The van der Waals surface area contributed by atoms with Crippen LogP contribution in [0.5, 0.6) is 0 Å². The first-order chi connectivity index (χ1) is 4.63. The van der Waals surface area contributed by atoms with Crippen LogP contribution in [0, 0.1) is 0 Å². The fourth-order valence-corrected chi connectivity index (χ4v) is 0.238. The molecule has 0 atom stereocenters. The van der Waals surface area contributed by atoms with Crippen LogP contribution in [-0.2, 0) is 4.79 Å². The third-order valence-electron chi connectivity index (χ3n) is 0.564. The molecule has 0 saturated heterocycles. The van der Waals surface area contributed by atoms with Gasteiger partial charge in [0, 0.05) is 12.6 Å². The molecule has 3 nitrogen and oxygen atoms in total. The van der Waals surface area contributed by atoms with E-state index in [0.29, 0.717) is 12.2 Å². The highest BCUT2D eigenvalue weighted by Crippen LogP contribution is 1.69. The Balaban J connectivity index is 0. The van der Waals surface area contributed by atoms with Gasteiger partial charge in [-0.15, -0.1) is 0 Å². The molecule has 0 rings (SSSR count). The summed E-state index contributed by atoms with van der Waals surface area (Å²) in [4.78, 5) is 10.1. The fourth-order valence-electron chi connectivity index (χ4n) is 0.238. The summed E-state index contributed by atoms with van der Waals surface area (Å²) in [5, 5.41) is 2.48. The van der Waals surface area contributed by atoms with E-state index in [1.165, 1.54) is 6.92 Å². The maximum atomic E-state index is 10.1. The second-order valence-electron chi connectivity index (χ2n) is 1.57. The van der Waals surface area contributed by atoms with Crippen LogP contribution >= 0.6 is 0 Å². The lowest BCUT2D eigenvalue weighted by molar-refractivity contribution is -0.118. The van der Waals surface area contributed by atoms with Crippen molar-refractivity contribution in [3.8, 4) is 0 Å². The van der Waals surface area contributed by atoms with E-state index in [1.807, 2.05) is 13.8 Å². The van der Waals surface area contributed by atoms with Gasteiger partial charge in [-0.1, -0.05) is 20.4 Å². The zero-order chi connectivity index (χ0) is 8.57. The Morgan fingerprint density at radius 2 is 2.00 bits per heavy atom. The monoisotopic (exact) mass is 144 g/mol. The molecule has 0 aromatic carbocycles. The average Bonchev–Trinajstić information content (AvgIpc) is 1.89. The summed E-state index contributed by atoms with van der Waals surface area (Å²) in [6.07, 6.45) is 0. The molecule has 0 spiro atoms. The lowest BCUT2D eigenvalue weighted by Crippen LogP contribution is -2.24. The molecule has 0 fully saturated rings. The first-order valence-corrected chi connectivity index (χ1v) is 3.30. The van der Waals surface area contributed by atoms with Gasteiger partial charge in [-0.05, 0) is 0 Å². The molecule has 0 aliphatic heterocycles. The smallest absolute Gasteiger partial charge is 0.217 e. The second kappa shape index (κ2) is 8.01. The van der Waals surface area contributed by atoms with Gasteiger partial charge in [0.2, 0.25) is 5.91 Å². The maximum Gasteiger partial charge on any atom is 0.217 e. The first kappa shape index (κ1) is 11.8. The van der Waals surface area contributed by atoms with Crippen molar-refractivity contribution in [2.75, 3.05) is 6.54 Å². The molecule has 0 aliphatic rings. The van der Waals surface area contributed by atoms with Crippen molar-refractivity contribution in [2.45, 2.75) is 20.8 Å². The van der Waals surface area contributed by atoms with Crippen molar-refractivity contribution in [3.05, 3.63) is 12.3 Å². The Kier molecular flexibility index (Phi) is 9.42. The summed E-state index contributed by atoms with van der Waals surface area (Å²) < 4.78 is 0. The summed E-state index contributed by atoms with van der Waals surface area (Å²) in [7, 11) is 0. The molecule has 0 bridgehead atoms. The number of nitrogens with two attached hydrogens (primary N) is 1. The molecule has 0 radical (unpaired) electrons. The van der Waals surface area contributed by atoms with E-state index < -0.39 is 0 Å². The molecule has 10 heavy (non-hydrogen) atoms. The molecule has 1 amide bonds. The average molecular weight is 144 g/mol. The molecular formula is C7H16N2O. The van der Waals surface area contributed by atoms with E-state index in [2.05, 4.69) is 11.9 Å². The van der Waals surface area contributed by atoms with Crippen LogP contribution in [0.3, 0.4) is 0 Å². The van der Waals surface area contributed by atoms with Crippen LogP contribution < -0.4 is 11.1 Å². The second-order valence-corrected chi connectivity index (χ2v) is 1.57. The Hall–Kier alpha value is -0.990. The van der Waals surface area contributed by atoms with E-state index in [4.69, 9.17) is 5.73 Å². The number of nitrogens with one attached hydrogen (secondary N) is 1. The molecule has 0 heterocycles. The molecule has 0 aliphatic carbocycles. The van der Waals surface area contributed by atoms with E-state index in [0.717, 1.165) is 0 Å². The lowest BCUT2D eigenvalue weighted by Gasteiger charge is -1.97. The predicted octanol–water partition coefficient (Wildman–Crippen LogP) is 0.621. The van der Waals surface area contributed by atoms with Gasteiger partial charge in [0.25, 0.3) is 0 Å². The zero-order valence-corrected chi connectivity index (χ0v) is 6.90. The van der Waals surface area contributed by atoms with Crippen molar-refractivity contribution >= 4 is 5.91 Å². The topological polar surface area (TPSA) is 55.1 Å². The molecule has 60 valence electrons. The van der Waals surface area contributed by atoms with Gasteiger partial charge in [-0.2, -0.15) is 0 Å². The third-order valence-corrected chi connectivity index (χ3v) is 0.564. The van der Waals surface area contributed by atoms with Crippen molar-refractivity contribution in [1.29, 1.82) is 0 Å².